The summed E-state index contributed by atoms with van der Waals surface area (Å²) in [5, 5.41) is 12.9. The molecule has 0 bridgehead atoms. The first-order chi connectivity index (χ1) is 9.20. The van der Waals surface area contributed by atoms with E-state index in [4.69, 9.17) is 0 Å². The minimum atomic E-state index is -0.0330. The highest BCUT2D eigenvalue weighted by atomic mass is 79.9. The fourth-order valence-corrected chi connectivity index (χ4v) is 2.64. The molecule has 0 aromatic heterocycles. The lowest BCUT2D eigenvalue weighted by Gasteiger charge is -2.17. The van der Waals surface area contributed by atoms with E-state index in [1.807, 2.05) is 30.3 Å². The highest BCUT2D eigenvalue weighted by Crippen LogP contribution is 2.19. The Morgan fingerprint density at radius 3 is 2.53 bits per heavy atom. The van der Waals surface area contributed by atoms with Gasteiger partial charge in [0.25, 0.3) is 0 Å². The predicted molar refractivity (Wildman–Crippen MR) is 82.0 cm³/mol. The van der Waals surface area contributed by atoms with E-state index < -0.39 is 0 Å². The molecule has 2 aromatic rings. The van der Waals surface area contributed by atoms with Crippen molar-refractivity contribution in [1.29, 1.82) is 0 Å². The largest absolute Gasteiger partial charge is 0.394 e. The molecule has 2 nitrogen and oxygen atoms in total. The van der Waals surface area contributed by atoms with Gasteiger partial charge in [0.05, 0.1) is 12.6 Å². The number of hydrogen-bond donors (Lipinski definition) is 2. The average molecular weight is 320 g/mol. The molecular formula is C16H18BrNO. The lowest BCUT2D eigenvalue weighted by atomic mass is 10.1. The van der Waals surface area contributed by atoms with Gasteiger partial charge in [-0.05, 0) is 29.7 Å². The Morgan fingerprint density at radius 1 is 1.16 bits per heavy atom. The summed E-state index contributed by atoms with van der Waals surface area (Å²) < 4.78 is 1.10. The Balaban J connectivity index is 2.04. The first-order valence-electron chi connectivity index (χ1n) is 6.35. The van der Waals surface area contributed by atoms with Gasteiger partial charge in [-0.1, -0.05) is 58.4 Å². The minimum Gasteiger partial charge on any atom is -0.394 e. The van der Waals surface area contributed by atoms with Crippen molar-refractivity contribution >= 4 is 15.9 Å². The summed E-state index contributed by atoms with van der Waals surface area (Å²) in [7, 11) is 0. The van der Waals surface area contributed by atoms with Crippen LogP contribution in [0, 0.1) is 6.92 Å². The van der Waals surface area contributed by atoms with E-state index in [0.29, 0.717) is 0 Å². The fourth-order valence-electron chi connectivity index (χ4n) is 2.00. The molecule has 0 amide bonds. The first kappa shape index (κ1) is 14.3. The van der Waals surface area contributed by atoms with E-state index in [1.54, 1.807) is 0 Å². The van der Waals surface area contributed by atoms with Crippen LogP contribution in [0.1, 0.15) is 22.7 Å². The predicted octanol–water partition coefficient (Wildman–Crippen LogP) is 3.58. The third-order valence-electron chi connectivity index (χ3n) is 3.13. The molecule has 2 rings (SSSR count). The van der Waals surface area contributed by atoms with E-state index in [1.165, 1.54) is 11.1 Å². The minimum absolute atomic E-state index is 0.0330. The highest BCUT2D eigenvalue weighted by molar-refractivity contribution is 9.10. The normalized spacial score (nSPS) is 12.4. The maximum absolute atomic E-state index is 9.50. The van der Waals surface area contributed by atoms with Crippen LogP contribution >= 0.6 is 15.9 Å². The molecule has 0 heterocycles. The van der Waals surface area contributed by atoms with Crippen LogP contribution < -0.4 is 5.32 Å². The van der Waals surface area contributed by atoms with Crippen molar-refractivity contribution in [2.45, 2.75) is 19.5 Å². The first-order valence-corrected chi connectivity index (χ1v) is 7.14. The summed E-state index contributed by atoms with van der Waals surface area (Å²) in [6, 6.07) is 16.3. The summed E-state index contributed by atoms with van der Waals surface area (Å²) >= 11 is 3.57. The van der Waals surface area contributed by atoms with Gasteiger partial charge in [-0.2, -0.15) is 0 Å². The van der Waals surface area contributed by atoms with Gasteiger partial charge >= 0.3 is 0 Å². The molecule has 2 N–H and O–H groups in total. The molecule has 0 spiro atoms. The monoisotopic (exact) mass is 319 g/mol. The van der Waals surface area contributed by atoms with Crippen molar-refractivity contribution in [3.63, 3.8) is 0 Å². The van der Waals surface area contributed by atoms with Crippen LogP contribution in [0.3, 0.4) is 0 Å². The van der Waals surface area contributed by atoms with Crippen molar-refractivity contribution < 1.29 is 5.11 Å². The number of halogens is 1. The second-order valence-corrected chi connectivity index (χ2v) is 5.48. The van der Waals surface area contributed by atoms with Crippen LogP contribution in [0.2, 0.25) is 0 Å². The standard InChI is InChI=1S/C16H18BrNO/c1-12-7-8-14(15(17)9-12)10-18-16(11-19)13-5-3-2-4-6-13/h2-9,16,18-19H,10-11H2,1H3. The zero-order valence-electron chi connectivity index (χ0n) is 10.9. The Labute approximate surface area is 122 Å². The summed E-state index contributed by atoms with van der Waals surface area (Å²) in [5.41, 5.74) is 3.53. The van der Waals surface area contributed by atoms with Crippen molar-refractivity contribution in [2.75, 3.05) is 6.61 Å². The van der Waals surface area contributed by atoms with Gasteiger partial charge in [0.2, 0.25) is 0 Å². The molecule has 0 fully saturated rings. The molecule has 0 saturated carbocycles. The number of aryl methyl sites for hydroxylation is 1. The van der Waals surface area contributed by atoms with E-state index in [-0.39, 0.29) is 12.6 Å². The van der Waals surface area contributed by atoms with Crippen molar-refractivity contribution in [2.24, 2.45) is 0 Å². The Bertz CT molecular complexity index is 528. The van der Waals surface area contributed by atoms with E-state index in [2.05, 4.69) is 46.4 Å². The molecule has 1 atom stereocenters. The summed E-state index contributed by atoms with van der Waals surface area (Å²) in [4.78, 5) is 0. The number of rotatable bonds is 5. The molecule has 1 unspecified atom stereocenters. The van der Waals surface area contributed by atoms with Crippen LogP contribution in [0.25, 0.3) is 0 Å². The zero-order valence-corrected chi connectivity index (χ0v) is 12.5. The topological polar surface area (TPSA) is 32.3 Å². The molecular weight excluding hydrogens is 302 g/mol. The fraction of sp³-hybridized carbons (Fsp3) is 0.250. The number of aliphatic hydroxyl groups is 1. The third kappa shape index (κ3) is 3.90. The highest BCUT2D eigenvalue weighted by Gasteiger charge is 2.09. The molecule has 19 heavy (non-hydrogen) atoms. The lowest BCUT2D eigenvalue weighted by molar-refractivity contribution is 0.243. The van der Waals surface area contributed by atoms with Gasteiger partial charge in [0, 0.05) is 11.0 Å². The second-order valence-electron chi connectivity index (χ2n) is 4.62. The molecule has 0 aliphatic heterocycles. The second kappa shape index (κ2) is 6.85. The zero-order chi connectivity index (χ0) is 13.7. The molecule has 0 radical (unpaired) electrons. The molecule has 2 aromatic carbocycles. The molecule has 0 aliphatic rings. The van der Waals surface area contributed by atoms with Crippen molar-refractivity contribution in [3.8, 4) is 0 Å². The van der Waals surface area contributed by atoms with E-state index in [0.717, 1.165) is 16.6 Å². The number of nitrogens with one attached hydrogen (secondary N) is 1. The smallest absolute Gasteiger partial charge is 0.0626 e. The van der Waals surface area contributed by atoms with Crippen LogP contribution in [-0.4, -0.2) is 11.7 Å². The van der Waals surface area contributed by atoms with Crippen molar-refractivity contribution in [1.82, 2.24) is 5.32 Å². The Hall–Kier alpha value is -1.16. The summed E-state index contributed by atoms with van der Waals surface area (Å²) in [6.45, 7) is 2.89. The summed E-state index contributed by atoms with van der Waals surface area (Å²) in [5.74, 6) is 0. The van der Waals surface area contributed by atoms with Gasteiger partial charge in [-0.25, -0.2) is 0 Å². The van der Waals surface area contributed by atoms with E-state index >= 15 is 0 Å². The molecule has 0 aliphatic carbocycles. The van der Waals surface area contributed by atoms with Crippen LogP contribution in [-0.2, 0) is 6.54 Å². The molecule has 100 valence electrons. The number of benzene rings is 2. The third-order valence-corrected chi connectivity index (χ3v) is 3.87. The molecule has 3 heteroatoms. The van der Waals surface area contributed by atoms with Crippen molar-refractivity contribution in [3.05, 3.63) is 69.7 Å². The van der Waals surface area contributed by atoms with Crippen LogP contribution in [0.15, 0.2) is 53.0 Å². The SMILES string of the molecule is Cc1ccc(CNC(CO)c2ccccc2)c(Br)c1. The average Bonchev–Trinajstić information content (AvgIpc) is 2.43. The Kier molecular flexibility index (Phi) is 5.14. The van der Waals surface area contributed by atoms with Gasteiger partial charge in [0.1, 0.15) is 0 Å². The van der Waals surface area contributed by atoms with Crippen LogP contribution in [0.4, 0.5) is 0 Å². The van der Waals surface area contributed by atoms with Gasteiger partial charge in [-0.3, -0.25) is 0 Å². The number of hydrogen-bond acceptors (Lipinski definition) is 2. The van der Waals surface area contributed by atoms with E-state index in [9.17, 15) is 5.11 Å². The molecule has 0 saturated heterocycles. The quantitative estimate of drug-likeness (QED) is 0.882. The number of aliphatic hydroxyl groups excluding tert-OH is 1. The Morgan fingerprint density at radius 2 is 1.89 bits per heavy atom. The lowest BCUT2D eigenvalue weighted by Crippen LogP contribution is -2.24. The van der Waals surface area contributed by atoms with Crippen LogP contribution in [0.5, 0.6) is 0 Å². The van der Waals surface area contributed by atoms with Gasteiger partial charge in [-0.15, -0.1) is 0 Å². The summed E-state index contributed by atoms with van der Waals surface area (Å²) in [6.07, 6.45) is 0. The van der Waals surface area contributed by atoms with Gasteiger partial charge in [0.15, 0.2) is 0 Å². The maximum Gasteiger partial charge on any atom is 0.0626 e. The van der Waals surface area contributed by atoms with Gasteiger partial charge < -0.3 is 10.4 Å². The maximum atomic E-state index is 9.50.